The van der Waals surface area contributed by atoms with Crippen molar-refractivity contribution < 1.29 is 8.78 Å². The monoisotopic (exact) mass is 603 g/mol. The van der Waals surface area contributed by atoms with Crippen LogP contribution in [0.15, 0.2) is 54.3 Å². The van der Waals surface area contributed by atoms with Crippen LogP contribution >= 0.6 is 11.8 Å². The van der Waals surface area contributed by atoms with E-state index in [2.05, 4.69) is 54.0 Å². The molecule has 4 aromatic rings. The number of benzene rings is 2. The molecule has 9 nitrogen and oxygen atoms in total. The number of piperazine rings is 1. The highest BCUT2D eigenvalue weighted by atomic mass is 32.2. The van der Waals surface area contributed by atoms with E-state index in [9.17, 15) is 0 Å². The largest absolute Gasteiger partial charge is 0.367 e. The molecule has 6 rings (SSSR count). The van der Waals surface area contributed by atoms with E-state index in [1.807, 2.05) is 23.3 Å². The Morgan fingerprint density at radius 2 is 1.67 bits per heavy atom. The number of nitrogens with one attached hydrogen (secondary N) is 2. The van der Waals surface area contributed by atoms with Gasteiger partial charge in [0.25, 0.3) is 0 Å². The van der Waals surface area contributed by atoms with E-state index in [-0.39, 0.29) is 17.3 Å². The summed E-state index contributed by atoms with van der Waals surface area (Å²) >= 11 is 1.55. The van der Waals surface area contributed by atoms with Gasteiger partial charge in [0, 0.05) is 75.2 Å². The Labute approximate surface area is 254 Å². The van der Waals surface area contributed by atoms with E-state index in [1.54, 1.807) is 36.4 Å². The molecule has 2 N–H and O–H groups in total. The summed E-state index contributed by atoms with van der Waals surface area (Å²) in [5, 5.41) is 6.33. The van der Waals surface area contributed by atoms with Gasteiger partial charge < -0.3 is 20.4 Å². The van der Waals surface area contributed by atoms with Crippen molar-refractivity contribution in [3.63, 3.8) is 0 Å². The minimum absolute atomic E-state index is 0.0247. The van der Waals surface area contributed by atoms with Gasteiger partial charge in [0.1, 0.15) is 17.0 Å². The summed E-state index contributed by atoms with van der Waals surface area (Å²) in [7, 11) is 2.14. The molecule has 2 saturated heterocycles. The molecule has 0 amide bonds. The lowest BCUT2D eigenvalue weighted by molar-refractivity contribution is 0.0980. The molecule has 0 saturated carbocycles. The molecule has 4 heterocycles. The zero-order chi connectivity index (χ0) is 29.9. The van der Waals surface area contributed by atoms with Gasteiger partial charge in [0.05, 0.1) is 16.1 Å². The summed E-state index contributed by atoms with van der Waals surface area (Å²) in [6.45, 7) is 9.34. The first-order valence-electron chi connectivity index (χ1n) is 14.4. The number of piperidine rings is 1. The van der Waals surface area contributed by atoms with Crippen LogP contribution in [-0.4, -0.2) is 88.3 Å². The molecule has 2 aromatic heterocycles. The number of hydrogen-bond donors (Lipinski definition) is 2. The Balaban J connectivity index is 1.18. The molecule has 2 fully saturated rings. The molecular formula is C31H35F2N9S. The Morgan fingerprint density at radius 3 is 2.37 bits per heavy atom. The Hall–Kier alpha value is -3.87. The molecule has 43 heavy (non-hydrogen) atoms. The number of likely N-dealkylation sites (N-methyl/N-ethyl adjacent to an activating group) is 1. The maximum absolute atomic E-state index is 15.4. The van der Waals surface area contributed by atoms with Gasteiger partial charge in [0.2, 0.25) is 5.95 Å². The van der Waals surface area contributed by atoms with Gasteiger partial charge in [-0.15, -0.1) is 11.8 Å². The zero-order valence-electron chi connectivity index (χ0n) is 24.4. The molecular weight excluding hydrogens is 568 g/mol. The van der Waals surface area contributed by atoms with Crippen molar-refractivity contribution in [3.05, 3.63) is 66.6 Å². The van der Waals surface area contributed by atoms with E-state index >= 15 is 8.78 Å². The minimum Gasteiger partial charge on any atom is -0.367 e. The average Bonchev–Trinajstić information content (AvgIpc) is 3.01. The normalized spacial score (nSPS) is 16.9. The van der Waals surface area contributed by atoms with E-state index in [4.69, 9.17) is 0 Å². The van der Waals surface area contributed by atoms with Gasteiger partial charge in [-0.05, 0) is 50.4 Å². The summed E-state index contributed by atoms with van der Waals surface area (Å²) in [5.74, 6) is -0.530. The van der Waals surface area contributed by atoms with E-state index in [0.717, 1.165) is 60.6 Å². The maximum atomic E-state index is 15.4. The van der Waals surface area contributed by atoms with Crippen LogP contribution in [0.5, 0.6) is 0 Å². The number of fused-ring (bicyclic) bond motifs is 1. The number of halogens is 2. The summed E-state index contributed by atoms with van der Waals surface area (Å²) in [6.07, 6.45) is 10.3. The zero-order valence-corrected chi connectivity index (χ0v) is 25.2. The van der Waals surface area contributed by atoms with Gasteiger partial charge in [-0.3, -0.25) is 14.9 Å². The third kappa shape index (κ3) is 6.27. The highest BCUT2D eigenvalue weighted by Gasteiger charge is 2.29. The quantitative estimate of drug-likeness (QED) is 0.242. The van der Waals surface area contributed by atoms with Gasteiger partial charge in [-0.25, -0.2) is 13.8 Å². The molecule has 2 aliphatic heterocycles. The van der Waals surface area contributed by atoms with Crippen LogP contribution < -0.4 is 15.5 Å². The lowest BCUT2D eigenvalue weighted by Crippen LogP contribution is -2.52. The highest BCUT2D eigenvalue weighted by Crippen LogP contribution is 2.35. The SMILES string of the molecule is C=Cc1cnc(Nc2cc(F)c(N3CCC(N4CCN(C)CC4)CC3)c(F)c2)nc1Nc1ccc2nccnc2c1SC. The van der Waals surface area contributed by atoms with E-state index < -0.39 is 11.6 Å². The van der Waals surface area contributed by atoms with E-state index in [1.165, 1.54) is 12.1 Å². The second-order valence-electron chi connectivity index (χ2n) is 10.9. The number of thioether (sulfide) groups is 1. The summed E-state index contributed by atoms with van der Waals surface area (Å²) < 4.78 is 30.7. The van der Waals surface area contributed by atoms with Crippen LogP contribution in [0.2, 0.25) is 0 Å². The molecule has 0 atom stereocenters. The van der Waals surface area contributed by atoms with Gasteiger partial charge in [0.15, 0.2) is 11.6 Å². The van der Waals surface area contributed by atoms with E-state index in [0.29, 0.717) is 30.5 Å². The molecule has 2 aliphatic rings. The average molecular weight is 604 g/mol. The standard InChI is InChI=1S/C31H35F2N9S/c1-4-20-19-36-31(39-30(20)38-26-6-5-25-27(29(26)43-3)35-10-9-34-25)37-21-17-23(32)28(24(33)18-21)42-11-7-22(8-12-42)41-15-13-40(2)14-16-41/h4-6,9-10,17-19,22H,1,7-8,11-16H2,2-3H3,(H2,36,37,38,39). The Morgan fingerprint density at radius 1 is 0.953 bits per heavy atom. The fraction of sp³-hybridized carbons (Fsp3) is 0.355. The van der Waals surface area contributed by atoms with Gasteiger partial charge in [-0.2, -0.15) is 4.98 Å². The topological polar surface area (TPSA) is 85.3 Å². The first-order chi connectivity index (χ1) is 20.9. The van der Waals surface area contributed by atoms with Crippen molar-refractivity contribution in [3.8, 4) is 0 Å². The fourth-order valence-corrected chi connectivity index (χ4v) is 6.54. The number of anilines is 5. The molecule has 224 valence electrons. The maximum Gasteiger partial charge on any atom is 0.229 e. The van der Waals surface area contributed by atoms with Crippen LogP contribution in [0.4, 0.5) is 37.6 Å². The van der Waals surface area contributed by atoms with Crippen molar-refractivity contribution >= 4 is 57.7 Å². The van der Waals surface area contributed by atoms with Crippen molar-refractivity contribution in [2.45, 2.75) is 23.8 Å². The molecule has 0 unspecified atom stereocenters. The molecule has 0 aliphatic carbocycles. The number of aromatic nitrogens is 4. The molecule has 0 bridgehead atoms. The lowest BCUT2D eigenvalue weighted by Gasteiger charge is -2.42. The van der Waals surface area contributed by atoms with Crippen LogP contribution in [0, 0.1) is 11.6 Å². The highest BCUT2D eigenvalue weighted by molar-refractivity contribution is 7.99. The Kier molecular flexibility index (Phi) is 8.68. The van der Waals surface area contributed by atoms with Crippen LogP contribution in [0.3, 0.4) is 0 Å². The first-order valence-corrected chi connectivity index (χ1v) is 15.6. The summed E-state index contributed by atoms with van der Waals surface area (Å²) in [6, 6.07) is 6.88. The van der Waals surface area contributed by atoms with Crippen LogP contribution in [-0.2, 0) is 0 Å². The fourth-order valence-electron chi connectivity index (χ4n) is 5.86. The van der Waals surface area contributed by atoms with Crippen molar-refractivity contribution in [2.24, 2.45) is 0 Å². The van der Waals surface area contributed by atoms with Gasteiger partial charge in [-0.1, -0.05) is 12.7 Å². The summed E-state index contributed by atoms with van der Waals surface area (Å²) in [5.41, 5.74) is 3.29. The minimum atomic E-state index is -0.608. The van der Waals surface area contributed by atoms with Crippen molar-refractivity contribution in [1.29, 1.82) is 0 Å². The van der Waals surface area contributed by atoms with Crippen molar-refractivity contribution in [2.75, 3.05) is 68.1 Å². The second kappa shape index (κ2) is 12.8. The molecule has 0 radical (unpaired) electrons. The van der Waals surface area contributed by atoms with Crippen LogP contribution in [0.25, 0.3) is 17.1 Å². The summed E-state index contributed by atoms with van der Waals surface area (Å²) in [4.78, 5) is 25.4. The number of rotatable bonds is 8. The second-order valence-corrected chi connectivity index (χ2v) is 11.7. The smallest absolute Gasteiger partial charge is 0.229 e. The Bertz CT molecular complexity index is 1600. The number of nitrogens with zero attached hydrogens (tertiary/aromatic N) is 7. The first kappa shape index (κ1) is 29.2. The lowest BCUT2D eigenvalue weighted by atomic mass is 10.0. The third-order valence-electron chi connectivity index (χ3n) is 8.20. The predicted molar refractivity (Wildman–Crippen MR) is 171 cm³/mol. The van der Waals surface area contributed by atoms with Gasteiger partial charge >= 0.3 is 0 Å². The molecule has 2 aromatic carbocycles. The molecule has 0 spiro atoms. The van der Waals surface area contributed by atoms with Crippen molar-refractivity contribution in [1.82, 2.24) is 29.7 Å². The van der Waals surface area contributed by atoms with Crippen LogP contribution in [0.1, 0.15) is 18.4 Å². The number of hydrogen-bond acceptors (Lipinski definition) is 10. The predicted octanol–water partition coefficient (Wildman–Crippen LogP) is 5.77. The molecule has 12 heteroatoms. The third-order valence-corrected chi connectivity index (χ3v) is 9.02.